The molecule has 0 saturated carbocycles. The lowest BCUT2D eigenvalue weighted by atomic mass is 10.0. The molecule has 1 rings (SSSR count). The molecule has 0 fully saturated rings. The lowest BCUT2D eigenvalue weighted by Gasteiger charge is -2.18. The largest absolute Gasteiger partial charge is 0.462 e. The zero-order valence-electron chi connectivity index (χ0n) is 17.6. The van der Waals surface area contributed by atoms with Gasteiger partial charge in [-0.05, 0) is 46.5 Å². The number of ether oxygens (including phenoxy) is 1. The number of aryl methyl sites for hydroxylation is 1. The molecule has 0 aliphatic carbocycles. The number of aliphatic imine (C=N–C) groups is 1. The molecule has 0 radical (unpaired) electrons. The molecule has 0 saturated heterocycles. The van der Waals surface area contributed by atoms with Crippen LogP contribution in [0, 0.1) is 12.8 Å². The smallest absolute Gasteiger partial charge is 0.350 e. The van der Waals surface area contributed by atoms with Crippen LogP contribution >= 0.6 is 35.3 Å². The third-order valence-corrected chi connectivity index (χ3v) is 5.40. The van der Waals surface area contributed by atoms with Gasteiger partial charge in [-0.1, -0.05) is 13.3 Å². The Kier molecular flexibility index (Phi) is 14.5. The highest BCUT2D eigenvalue weighted by atomic mass is 127. The fourth-order valence-corrected chi connectivity index (χ4v) is 3.68. The number of aliphatic hydroxyl groups excluding tert-OH is 1. The summed E-state index contributed by atoms with van der Waals surface area (Å²) in [6.07, 6.45) is 2.89. The van der Waals surface area contributed by atoms with Gasteiger partial charge in [0, 0.05) is 19.7 Å². The van der Waals surface area contributed by atoms with Crippen molar-refractivity contribution in [2.75, 3.05) is 26.3 Å². The van der Waals surface area contributed by atoms with E-state index in [4.69, 9.17) is 4.74 Å². The number of hydrogen-bond acceptors (Lipinski definition) is 6. The van der Waals surface area contributed by atoms with Crippen LogP contribution in [0.4, 0.5) is 0 Å². The minimum Gasteiger partial charge on any atom is -0.462 e. The van der Waals surface area contributed by atoms with E-state index in [1.165, 1.54) is 11.3 Å². The van der Waals surface area contributed by atoms with Crippen LogP contribution in [0.25, 0.3) is 0 Å². The lowest BCUT2D eigenvalue weighted by molar-refractivity contribution is 0.0531. The summed E-state index contributed by atoms with van der Waals surface area (Å²) in [6.45, 7) is 11.7. The van der Waals surface area contributed by atoms with Crippen molar-refractivity contribution in [2.24, 2.45) is 10.9 Å². The van der Waals surface area contributed by atoms with Crippen molar-refractivity contribution in [3.05, 3.63) is 15.6 Å². The highest BCUT2D eigenvalue weighted by molar-refractivity contribution is 14.0. The van der Waals surface area contributed by atoms with E-state index in [1.807, 2.05) is 20.8 Å². The van der Waals surface area contributed by atoms with Gasteiger partial charge in [-0.15, -0.1) is 35.3 Å². The minimum atomic E-state index is -0.321. The molecule has 0 amide bonds. The summed E-state index contributed by atoms with van der Waals surface area (Å²) in [4.78, 5) is 21.7. The summed E-state index contributed by atoms with van der Waals surface area (Å²) in [7, 11) is 0. The molecule has 0 aromatic carbocycles. The van der Waals surface area contributed by atoms with E-state index in [0.29, 0.717) is 29.6 Å². The summed E-state index contributed by atoms with van der Waals surface area (Å²) >= 11 is 1.35. The summed E-state index contributed by atoms with van der Waals surface area (Å²) in [5.41, 5.74) is 0.690. The van der Waals surface area contributed by atoms with Crippen LogP contribution in [0.3, 0.4) is 0 Å². The summed E-state index contributed by atoms with van der Waals surface area (Å²) in [6, 6.07) is -0.0860. The predicted molar refractivity (Wildman–Crippen MR) is 126 cm³/mol. The van der Waals surface area contributed by atoms with Gasteiger partial charge in [-0.25, -0.2) is 9.78 Å². The molecule has 1 aromatic heterocycles. The van der Waals surface area contributed by atoms with Gasteiger partial charge in [0.25, 0.3) is 0 Å². The normalized spacial score (nSPS) is 13.4. The SMILES string of the molecule is CCCC(CCO)CN=C(NCC)NC(C)c1nc(C)c(C(=O)OCC)s1.I. The second-order valence-corrected chi connectivity index (χ2v) is 7.47. The van der Waals surface area contributed by atoms with Crippen LogP contribution in [0.1, 0.15) is 73.4 Å². The van der Waals surface area contributed by atoms with Crippen molar-refractivity contribution >= 4 is 47.2 Å². The average molecular weight is 526 g/mol. The van der Waals surface area contributed by atoms with Gasteiger partial charge in [0.15, 0.2) is 5.96 Å². The molecule has 1 aromatic rings. The zero-order valence-corrected chi connectivity index (χ0v) is 20.7. The van der Waals surface area contributed by atoms with Gasteiger partial charge in [0.1, 0.15) is 9.88 Å². The Morgan fingerprint density at radius 3 is 2.61 bits per heavy atom. The van der Waals surface area contributed by atoms with Gasteiger partial charge in [-0.3, -0.25) is 4.99 Å². The van der Waals surface area contributed by atoms with E-state index >= 15 is 0 Å². The first-order valence-corrected chi connectivity index (χ1v) is 10.6. The first kappa shape index (κ1) is 27.1. The number of carbonyl (C=O) groups is 1. The van der Waals surface area contributed by atoms with Crippen molar-refractivity contribution in [3.63, 3.8) is 0 Å². The molecular weight excluding hydrogens is 491 g/mol. The van der Waals surface area contributed by atoms with E-state index in [0.717, 1.165) is 36.8 Å². The topological polar surface area (TPSA) is 95.8 Å². The zero-order chi connectivity index (χ0) is 20.2. The molecule has 1 heterocycles. The van der Waals surface area contributed by atoms with Gasteiger partial charge < -0.3 is 20.5 Å². The number of carbonyl (C=O) groups excluding carboxylic acids is 1. The number of rotatable bonds is 11. The van der Waals surface area contributed by atoms with Gasteiger partial charge >= 0.3 is 5.97 Å². The first-order chi connectivity index (χ1) is 13.0. The molecule has 0 aliphatic heterocycles. The van der Waals surface area contributed by atoms with E-state index in [1.54, 1.807) is 6.92 Å². The number of nitrogens with zero attached hydrogens (tertiary/aromatic N) is 2. The highest BCUT2D eigenvalue weighted by Crippen LogP contribution is 2.24. The lowest BCUT2D eigenvalue weighted by Crippen LogP contribution is -2.39. The summed E-state index contributed by atoms with van der Waals surface area (Å²) in [5.74, 6) is 0.774. The Morgan fingerprint density at radius 2 is 2.04 bits per heavy atom. The molecule has 0 spiro atoms. The molecule has 0 aliphatic rings. The quantitative estimate of drug-likeness (QED) is 0.176. The molecule has 0 bridgehead atoms. The van der Waals surface area contributed by atoms with Crippen molar-refractivity contribution in [1.29, 1.82) is 0 Å². The standard InChI is InChI=1S/C19H34N4O3S.HI/c1-6-9-15(10-11-24)12-21-19(20-7-2)23-14(5)17-22-13(4)16(27-17)18(25)26-8-3;/h14-15,24H,6-12H2,1-5H3,(H2,20,21,23);1H. The molecule has 7 nitrogen and oxygen atoms in total. The Balaban J connectivity index is 0.00000729. The van der Waals surface area contributed by atoms with Crippen molar-refractivity contribution in [1.82, 2.24) is 15.6 Å². The van der Waals surface area contributed by atoms with E-state index in [2.05, 4.69) is 27.5 Å². The molecule has 2 unspecified atom stereocenters. The Morgan fingerprint density at radius 1 is 1.32 bits per heavy atom. The maximum Gasteiger partial charge on any atom is 0.350 e. The number of thiazole rings is 1. The number of aliphatic hydroxyl groups is 1. The van der Waals surface area contributed by atoms with Crippen molar-refractivity contribution in [3.8, 4) is 0 Å². The van der Waals surface area contributed by atoms with Gasteiger partial charge in [-0.2, -0.15) is 0 Å². The van der Waals surface area contributed by atoms with Crippen LogP contribution in [0.2, 0.25) is 0 Å². The second-order valence-electron chi connectivity index (χ2n) is 6.44. The van der Waals surface area contributed by atoms with E-state index in [9.17, 15) is 9.90 Å². The predicted octanol–water partition coefficient (Wildman–Crippen LogP) is 3.66. The number of halogens is 1. The Hall–Kier alpha value is -0.940. The maximum absolute atomic E-state index is 12.0. The van der Waals surface area contributed by atoms with Crippen LogP contribution in [-0.2, 0) is 4.74 Å². The monoisotopic (exact) mass is 526 g/mol. The summed E-state index contributed by atoms with van der Waals surface area (Å²) in [5, 5.41) is 16.6. The van der Waals surface area contributed by atoms with Crippen LogP contribution in [0.15, 0.2) is 4.99 Å². The molecule has 2 atom stereocenters. The summed E-state index contributed by atoms with van der Waals surface area (Å²) < 4.78 is 5.09. The van der Waals surface area contributed by atoms with Crippen LogP contribution in [0.5, 0.6) is 0 Å². The third-order valence-electron chi connectivity index (χ3n) is 4.08. The van der Waals surface area contributed by atoms with Crippen molar-refractivity contribution in [2.45, 2.75) is 59.9 Å². The van der Waals surface area contributed by atoms with Gasteiger partial charge in [0.2, 0.25) is 0 Å². The molecule has 28 heavy (non-hydrogen) atoms. The van der Waals surface area contributed by atoms with Crippen molar-refractivity contribution < 1.29 is 14.6 Å². The van der Waals surface area contributed by atoms with E-state index in [-0.39, 0.29) is 42.6 Å². The number of guanidine groups is 1. The molecule has 3 N–H and O–H groups in total. The van der Waals surface area contributed by atoms with Gasteiger partial charge in [0.05, 0.1) is 18.3 Å². The Labute approximate surface area is 189 Å². The fraction of sp³-hybridized carbons (Fsp3) is 0.737. The first-order valence-electron chi connectivity index (χ1n) is 9.76. The number of aromatic nitrogens is 1. The Bertz CT molecular complexity index is 604. The maximum atomic E-state index is 12.0. The third kappa shape index (κ3) is 9.04. The average Bonchev–Trinajstić information content (AvgIpc) is 3.02. The highest BCUT2D eigenvalue weighted by Gasteiger charge is 2.20. The molecule has 9 heteroatoms. The van der Waals surface area contributed by atoms with Crippen LogP contribution in [-0.4, -0.2) is 48.3 Å². The van der Waals surface area contributed by atoms with E-state index < -0.39 is 0 Å². The minimum absolute atomic E-state index is 0. The molecular formula is C19H35IN4O3S. The fourth-order valence-electron chi connectivity index (χ4n) is 2.71. The second kappa shape index (κ2) is 15.0. The molecule has 162 valence electrons. The number of esters is 1. The number of hydrogen-bond donors (Lipinski definition) is 3. The number of nitrogens with one attached hydrogen (secondary N) is 2. The van der Waals surface area contributed by atoms with Crippen LogP contribution < -0.4 is 10.6 Å².